The first-order valence-corrected chi connectivity index (χ1v) is 9.14. The lowest BCUT2D eigenvalue weighted by molar-refractivity contribution is -0.137. The Bertz CT molecular complexity index is 642. The third kappa shape index (κ3) is 3.25. The number of hydrogen-bond donors (Lipinski definition) is 3. The van der Waals surface area contributed by atoms with Gasteiger partial charge in [-0.25, -0.2) is 13.1 Å². The Labute approximate surface area is 135 Å². The Morgan fingerprint density at radius 1 is 1.30 bits per heavy atom. The molecule has 3 N–H and O–H groups in total. The summed E-state index contributed by atoms with van der Waals surface area (Å²) in [4.78, 5) is 34.1. The van der Waals surface area contributed by atoms with Crippen LogP contribution in [0.4, 0.5) is 0 Å². The summed E-state index contributed by atoms with van der Waals surface area (Å²) < 4.78 is 26.7. The molecule has 2 aliphatic rings. The maximum atomic E-state index is 12.3. The zero-order valence-electron chi connectivity index (χ0n) is 13.2. The van der Waals surface area contributed by atoms with Gasteiger partial charge in [-0.2, -0.15) is 0 Å². The van der Waals surface area contributed by atoms with Crippen LogP contribution in [0, 0.1) is 16.7 Å². The normalized spacial score (nSPS) is 28.8. The molecule has 0 saturated heterocycles. The Morgan fingerprint density at radius 2 is 1.96 bits per heavy atom. The van der Waals surface area contributed by atoms with Gasteiger partial charge >= 0.3 is 5.97 Å². The van der Waals surface area contributed by atoms with Crippen LogP contribution in [0.1, 0.15) is 33.1 Å². The van der Waals surface area contributed by atoms with Crippen molar-refractivity contribution in [3.63, 3.8) is 0 Å². The topological polar surface area (TPSA) is 130 Å². The molecule has 2 bridgehead atoms. The van der Waals surface area contributed by atoms with E-state index in [0.717, 1.165) is 6.42 Å². The van der Waals surface area contributed by atoms with Crippen LogP contribution in [0.2, 0.25) is 0 Å². The summed E-state index contributed by atoms with van der Waals surface area (Å²) in [5.41, 5.74) is -1.26. The number of rotatable bonds is 7. The molecule has 130 valence electrons. The molecule has 2 fully saturated rings. The first-order chi connectivity index (χ1) is 10.5. The van der Waals surface area contributed by atoms with Crippen molar-refractivity contribution in [2.24, 2.45) is 16.7 Å². The van der Waals surface area contributed by atoms with Crippen LogP contribution in [0.5, 0.6) is 0 Å². The molecule has 0 aromatic carbocycles. The largest absolute Gasteiger partial charge is 0.480 e. The maximum Gasteiger partial charge on any atom is 0.322 e. The highest BCUT2D eigenvalue weighted by Crippen LogP contribution is 2.64. The van der Waals surface area contributed by atoms with Gasteiger partial charge in [-0.1, -0.05) is 13.8 Å². The van der Waals surface area contributed by atoms with Crippen LogP contribution in [-0.4, -0.2) is 50.0 Å². The Hall–Kier alpha value is -1.48. The summed E-state index contributed by atoms with van der Waals surface area (Å²) in [7, 11) is -3.83. The molecule has 2 saturated carbocycles. The van der Waals surface area contributed by atoms with Crippen LogP contribution >= 0.6 is 0 Å². The minimum Gasteiger partial charge on any atom is -0.480 e. The number of carboxylic acids is 1. The van der Waals surface area contributed by atoms with Crippen molar-refractivity contribution in [1.29, 1.82) is 0 Å². The standard InChI is InChI=1S/C14H22N2O6S/c1-13(2)9-3-4-14(13,10(17)5-9)8-23(21,22)16-6-11(18)15-7-12(19)20/h9,16H,3-8H2,1-2H3,(H,15,18)(H,19,20). The summed E-state index contributed by atoms with van der Waals surface area (Å²) >= 11 is 0. The summed E-state index contributed by atoms with van der Waals surface area (Å²) in [6.07, 6.45) is 1.81. The fourth-order valence-electron chi connectivity index (χ4n) is 3.90. The van der Waals surface area contributed by atoms with E-state index in [9.17, 15) is 22.8 Å². The number of nitrogens with one attached hydrogen (secondary N) is 2. The molecular weight excluding hydrogens is 324 g/mol. The predicted molar refractivity (Wildman–Crippen MR) is 81.0 cm³/mol. The second-order valence-corrected chi connectivity index (χ2v) is 8.72. The molecule has 0 aromatic rings. The second kappa shape index (κ2) is 5.86. The molecule has 0 aliphatic heterocycles. The van der Waals surface area contributed by atoms with Crippen molar-refractivity contribution in [3.05, 3.63) is 0 Å². The maximum absolute atomic E-state index is 12.3. The van der Waals surface area contributed by atoms with E-state index in [1.54, 1.807) is 0 Å². The van der Waals surface area contributed by atoms with Crippen molar-refractivity contribution in [2.75, 3.05) is 18.8 Å². The molecule has 2 unspecified atom stereocenters. The van der Waals surface area contributed by atoms with Crippen LogP contribution < -0.4 is 10.0 Å². The number of aliphatic carboxylic acids is 1. The number of amides is 1. The van der Waals surface area contributed by atoms with E-state index in [1.807, 2.05) is 13.8 Å². The van der Waals surface area contributed by atoms with E-state index in [4.69, 9.17) is 5.11 Å². The molecule has 9 heteroatoms. The van der Waals surface area contributed by atoms with E-state index >= 15 is 0 Å². The highest BCUT2D eigenvalue weighted by Gasteiger charge is 2.65. The summed E-state index contributed by atoms with van der Waals surface area (Å²) in [5.74, 6) is -2.07. The molecule has 0 spiro atoms. The van der Waals surface area contributed by atoms with E-state index < -0.39 is 40.4 Å². The minimum absolute atomic E-state index is 0.0144. The summed E-state index contributed by atoms with van der Waals surface area (Å²) in [6.45, 7) is 2.76. The summed E-state index contributed by atoms with van der Waals surface area (Å²) in [5, 5.41) is 10.5. The monoisotopic (exact) mass is 346 g/mol. The lowest BCUT2D eigenvalue weighted by atomic mass is 9.70. The molecule has 2 rings (SSSR count). The van der Waals surface area contributed by atoms with Crippen molar-refractivity contribution in [3.8, 4) is 0 Å². The molecule has 0 aromatic heterocycles. The van der Waals surface area contributed by atoms with Crippen LogP contribution in [-0.2, 0) is 24.4 Å². The van der Waals surface area contributed by atoms with Gasteiger partial charge in [0.2, 0.25) is 15.9 Å². The highest BCUT2D eigenvalue weighted by atomic mass is 32.2. The van der Waals surface area contributed by atoms with Gasteiger partial charge in [0.05, 0.1) is 12.3 Å². The zero-order chi connectivity index (χ0) is 17.5. The van der Waals surface area contributed by atoms with E-state index in [-0.39, 0.29) is 22.9 Å². The smallest absolute Gasteiger partial charge is 0.322 e. The number of carboxylic acid groups (broad SMARTS) is 1. The van der Waals surface area contributed by atoms with E-state index in [1.165, 1.54) is 0 Å². The van der Waals surface area contributed by atoms with Gasteiger partial charge in [0.1, 0.15) is 12.3 Å². The third-order valence-corrected chi connectivity index (χ3v) is 6.92. The van der Waals surface area contributed by atoms with E-state index in [2.05, 4.69) is 10.0 Å². The quantitative estimate of drug-likeness (QED) is 0.570. The Morgan fingerprint density at radius 3 is 2.43 bits per heavy atom. The first-order valence-electron chi connectivity index (χ1n) is 7.49. The van der Waals surface area contributed by atoms with Crippen molar-refractivity contribution in [2.45, 2.75) is 33.1 Å². The van der Waals surface area contributed by atoms with Crippen LogP contribution in [0.25, 0.3) is 0 Å². The third-order valence-electron chi connectivity index (χ3n) is 5.46. The van der Waals surface area contributed by atoms with Gasteiger partial charge in [0.25, 0.3) is 0 Å². The number of hydrogen-bond acceptors (Lipinski definition) is 5. The zero-order valence-corrected chi connectivity index (χ0v) is 14.0. The highest BCUT2D eigenvalue weighted by molar-refractivity contribution is 7.89. The number of sulfonamides is 1. The van der Waals surface area contributed by atoms with Gasteiger partial charge in [-0.05, 0) is 24.2 Å². The Balaban J connectivity index is 2.00. The second-order valence-electron chi connectivity index (χ2n) is 6.92. The number of fused-ring (bicyclic) bond motifs is 2. The lowest BCUT2D eigenvalue weighted by Crippen LogP contribution is -2.47. The number of carbonyl (C=O) groups excluding carboxylic acids is 2. The van der Waals surface area contributed by atoms with Crippen LogP contribution in [0.15, 0.2) is 0 Å². The molecular formula is C14H22N2O6S. The SMILES string of the molecule is CC1(C)C2CCC1(CS(=O)(=O)NCC(=O)NCC(=O)O)C(=O)C2. The van der Waals surface area contributed by atoms with Gasteiger partial charge in [0, 0.05) is 11.8 Å². The summed E-state index contributed by atoms with van der Waals surface area (Å²) in [6, 6.07) is 0. The van der Waals surface area contributed by atoms with Gasteiger partial charge < -0.3 is 10.4 Å². The van der Waals surface area contributed by atoms with Gasteiger partial charge in [-0.3, -0.25) is 14.4 Å². The van der Waals surface area contributed by atoms with E-state index in [0.29, 0.717) is 12.8 Å². The molecule has 2 aliphatic carbocycles. The molecule has 0 heterocycles. The molecule has 1 amide bonds. The van der Waals surface area contributed by atoms with Gasteiger partial charge in [0.15, 0.2) is 0 Å². The number of Topliss-reactive ketones (excluding diaryl/α,β-unsaturated/α-hetero) is 1. The fourth-order valence-corrected chi connectivity index (χ4v) is 5.67. The lowest BCUT2D eigenvalue weighted by Gasteiger charge is -2.36. The minimum atomic E-state index is -3.83. The molecule has 2 atom stereocenters. The molecule has 0 radical (unpaired) electrons. The average Bonchev–Trinajstić information content (AvgIpc) is 2.76. The average molecular weight is 346 g/mol. The van der Waals surface area contributed by atoms with Gasteiger partial charge in [-0.15, -0.1) is 0 Å². The Kier molecular flexibility index (Phi) is 4.55. The molecule has 8 nitrogen and oxygen atoms in total. The number of carbonyl (C=O) groups is 3. The van der Waals surface area contributed by atoms with Crippen LogP contribution in [0.3, 0.4) is 0 Å². The number of ketones is 1. The first kappa shape index (κ1) is 17.9. The molecule has 23 heavy (non-hydrogen) atoms. The van der Waals surface area contributed by atoms with Crippen molar-refractivity contribution < 1.29 is 27.9 Å². The van der Waals surface area contributed by atoms with Crippen molar-refractivity contribution in [1.82, 2.24) is 10.0 Å². The fraction of sp³-hybridized carbons (Fsp3) is 0.786. The van der Waals surface area contributed by atoms with Crippen molar-refractivity contribution >= 4 is 27.7 Å². The predicted octanol–water partition coefficient (Wildman–Crippen LogP) is -0.498.